The summed E-state index contributed by atoms with van der Waals surface area (Å²) in [5.74, 6) is 0. The maximum atomic E-state index is 9.20. The molecule has 16 heavy (non-hydrogen) atoms. The van der Waals surface area contributed by atoms with Crippen molar-refractivity contribution >= 4 is 0 Å². The fraction of sp³-hybridized carbons (Fsp3) is 0.769. The zero-order chi connectivity index (χ0) is 12.0. The van der Waals surface area contributed by atoms with Gasteiger partial charge in [0.2, 0.25) is 0 Å². The Kier molecular flexibility index (Phi) is 5.53. The first kappa shape index (κ1) is 13.2. The SMILES string of the molecule is CCCCCCCn1nc(C)c(CO)c1C. The van der Waals surface area contributed by atoms with Crippen molar-refractivity contribution in [1.29, 1.82) is 0 Å². The van der Waals surface area contributed by atoms with Crippen molar-refractivity contribution in [2.24, 2.45) is 0 Å². The summed E-state index contributed by atoms with van der Waals surface area (Å²) in [4.78, 5) is 0. The number of unbranched alkanes of at least 4 members (excludes halogenated alkanes) is 4. The molecule has 0 aliphatic rings. The first-order valence-corrected chi connectivity index (χ1v) is 6.34. The van der Waals surface area contributed by atoms with Crippen LogP contribution in [0, 0.1) is 13.8 Å². The summed E-state index contributed by atoms with van der Waals surface area (Å²) in [5.41, 5.74) is 3.08. The molecule has 0 atom stereocenters. The van der Waals surface area contributed by atoms with Gasteiger partial charge in [0, 0.05) is 17.8 Å². The molecule has 3 heteroatoms. The minimum Gasteiger partial charge on any atom is -0.392 e. The van der Waals surface area contributed by atoms with E-state index in [-0.39, 0.29) is 6.61 Å². The van der Waals surface area contributed by atoms with Crippen LogP contribution in [0.15, 0.2) is 0 Å². The molecular weight excluding hydrogens is 200 g/mol. The van der Waals surface area contributed by atoms with Gasteiger partial charge < -0.3 is 5.11 Å². The van der Waals surface area contributed by atoms with Crippen LogP contribution in [0.1, 0.15) is 56.0 Å². The highest BCUT2D eigenvalue weighted by Gasteiger charge is 2.09. The molecule has 0 amide bonds. The summed E-state index contributed by atoms with van der Waals surface area (Å²) in [5, 5.41) is 13.7. The summed E-state index contributed by atoms with van der Waals surface area (Å²) in [6.07, 6.45) is 6.41. The van der Waals surface area contributed by atoms with E-state index in [1.54, 1.807) is 0 Å². The van der Waals surface area contributed by atoms with Crippen LogP contribution in [-0.4, -0.2) is 14.9 Å². The molecule has 92 valence electrons. The van der Waals surface area contributed by atoms with Crippen LogP contribution in [0.4, 0.5) is 0 Å². The highest BCUT2D eigenvalue weighted by Crippen LogP contribution is 2.14. The number of aliphatic hydroxyl groups excluding tert-OH is 1. The van der Waals surface area contributed by atoms with Crippen LogP contribution in [-0.2, 0) is 13.2 Å². The summed E-state index contributed by atoms with van der Waals surface area (Å²) in [6, 6.07) is 0. The van der Waals surface area contributed by atoms with Crippen molar-refractivity contribution in [1.82, 2.24) is 9.78 Å². The zero-order valence-corrected chi connectivity index (χ0v) is 10.8. The summed E-state index contributed by atoms with van der Waals surface area (Å²) in [6.45, 7) is 7.32. The minimum atomic E-state index is 0.105. The highest BCUT2D eigenvalue weighted by molar-refractivity contribution is 5.23. The predicted octanol–water partition coefficient (Wildman–Crippen LogP) is 2.96. The van der Waals surface area contributed by atoms with Gasteiger partial charge in [-0.25, -0.2) is 0 Å². The van der Waals surface area contributed by atoms with Crippen molar-refractivity contribution in [3.05, 3.63) is 17.0 Å². The van der Waals surface area contributed by atoms with E-state index in [4.69, 9.17) is 0 Å². The van der Waals surface area contributed by atoms with Gasteiger partial charge in [0.25, 0.3) is 0 Å². The van der Waals surface area contributed by atoms with Crippen molar-refractivity contribution in [3.8, 4) is 0 Å². The van der Waals surface area contributed by atoms with E-state index < -0.39 is 0 Å². The monoisotopic (exact) mass is 224 g/mol. The molecule has 3 nitrogen and oxygen atoms in total. The largest absolute Gasteiger partial charge is 0.392 e. The minimum absolute atomic E-state index is 0.105. The molecule has 0 fully saturated rings. The van der Waals surface area contributed by atoms with Crippen LogP contribution in [0.2, 0.25) is 0 Å². The van der Waals surface area contributed by atoms with Crippen LogP contribution < -0.4 is 0 Å². The molecule has 0 unspecified atom stereocenters. The van der Waals surface area contributed by atoms with E-state index in [1.165, 1.54) is 32.1 Å². The number of rotatable bonds is 7. The molecular formula is C13H24N2O. The van der Waals surface area contributed by atoms with Gasteiger partial charge in [-0.05, 0) is 20.3 Å². The number of hydrogen-bond donors (Lipinski definition) is 1. The third-order valence-corrected chi connectivity index (χ3v) is 3.16. The predicted molar refractivity (Wildman–Crippen MR) is 66.4 cm³/mol. The lowest BCUT2D eigenvalue weighted by molar-refractivity contribution is 0.280. The van der Waals surface area contributed by atoms with E-state index in [2.05, 4.69) is 12.0 Å². The Morgan fingerprint density at radius 1 is 1.12 bits per heavy atom. The molecule has 1 heterocycles. The van der Waals surface area contributed by atoms with Gasteiger partial charge in [0.05, 0.1) is 12.3 Å². The average Bonchev–Trinajstić information content (AvgIpc) is 2.53. The lowest BCUT2D eigenvalue weighted by Gasteiger charge is -2.04. The highest BCUT2D eigenvalue weighted by atomic mass is 16.3. The van der Waals surface area contributed by atoms with Crippen molar-refractivity contribution < 1.29 is 5.11 Å². The molecule has 0 aromatic carbocycles. The molecule has 1 aromatic rings. The van der Waals surface area contributed by atoms with Crippen LogP contribution >= 0.6 is 0 Å². The average molecular weight is 224 g/mol. The van der Waals surface area contributed by atoms with E-state index in [9.17, 15) is 5.11 Å². The van der Waals surface area contributed by atoms with E-state index in [0.717, 1.165) is 23.5 Å². The number of aliphatic hydroxyl groups is 1. The van der Waals surface area contributed by atoms with Gasteiger partial charge in [-0.1, -0.05) is 32.6 Å². The van der Waals surface area contributed by atoms with Gasteiger partial charge >= 0.3 is 0 Å². The van der Waals surface area contributed by atoms with Crippen LogP contribution in [0.3, 0.4) is 0 Å². The molecule has 1 aromatic heterocycles. The second kappa shape index (κ2) is 6.69. The second-order valence-electron chi connectivity index (χ2n) is 4.44. The quantitative estimate of drug-likeness (QED) is 0.723. The Morgan fingerprint density at radius 3 is 2.38 bits per heavy atom. The van der Waals surface area contributed by atoms with Gasteiger partial charge in [-0.15, -0.1) is 0 Å². The molecule has 0 bridgehead atoms. The van der Waals surface area contributed by atoms with Crippen LogP contribution in [0.25, 0.3) is 0 Å². The first-order valence-electron chi connectivity index (χ1n) is 6.34. The fourth-order valence-electron chi connectivity index (χ4n) is 2.05. The number of hydrogen-bond acceptors (Lipinski definition) is 2. The second-order valence-corrected chi connectivity index (χ2v) is 4.44. The van der Waals surface area contributed by atoms with Crippen LogP contribution in [0.5, 0.6) is 0 Å². The maximum Gasteiger partial charge on any atom is 0.0718 e. The lowest BCUT2D eigenvalue weighted by Crippen LogP contribution is -2.03. The Morgan fingerprint density at radius 2 is 1.81 bits per heavy atom. The lowest BCUT2D eigenvalue weighted by atomic mass is 10.1. The van der Waals surface area contributed by atoms with Gasteiger partial charge in [0.15, 0.2) is 0 Å². The summed E-state index contributed by atoms with van der Waals surface area (Å²) < 4.78 is 2.03. The third kappa shape index (κ3) is 3.34. The molecule has 0 saturated carbocycles. The standard InChI is InChI=1S/C13H24N2O/c1-4-5-6-7-8-9-15-12(3)13(10-16)11(2)14-15/h16H,4-10H2,1-3H3. The zero-order valence-electron chi connectivity index (χ0n) is 10.8. The van der Waals surface area contributed by atoms with E-state index in [0.29, 0.717) is 0 Å². The van der Waals surface area contributed by atoms with Crippen molar-refractivity contribution in [2.45, 2.75) is 66.0 Å². The third-order valence-electron chi connectivity index (χ3n) is 3.16. The molecule has 0 saturated heterocycles. The first-order chi connectivity index (χ1) is 7.70. The van der Waals surface area contributed by atoms with Crippen molar-refractivity contribution in [3.63, 3.8) is 0 Å². The Bertz CT molecular complexity index is 318. The Labute approximate surface area is 98.5 Å². The normalized spacial score (nSPS) is 11.0. The number of aromatic nitrogens is 2. The molecule has 0 spiro atoms. The number of nitrogens with zero attached hydrogens (tertiary/aromatic N) is 2. The summed E-state index contributed by atoms with van der Waals surface area (Å²) >= 11 is 0. The summed E-state index contributed by atoms with van der Waals surface area (Å²) in [7, 11) is 0. The Balaban J connectivity index is 2.42. The molecule has 1 rings (SSSR count). The van der Waals surface area contributed by atoms with Gasteiger partial charge in [0.1, 0.15) is 0 Å². The van der Waals surface area contributed by atoms with Gasteiger partial charge in [-0.2, -0.15) is 5.10 Å². The van der Waals surface area contributed by atoms with E-state index in [1.807, 2.05) is 18.5 Å². The van der Waals surface area contributed by atoms with Gasteiger partial charge in [-0.3, -0.25) is 4.68 Å². The molecule has 0 aliphatic carbocycles. The van der Waals surface area contributed by atoms with Crippen molar-refractivity contribution in [2.75, 3.05) is 0 Å². The molecule has 1 N–H and O–H groups in total. The Hall–Kier alpha value is -0.830. The number of aryl methyl sites for hydroxylation is 2. The molecule has 0 aliphatic heterocycles. The fourth-order valence-corrected chi connectivity index (χ4v) is 2.05. The molecule has 0 radical (unpaired) electrons. The topological polar surface area (TPSA) is 38.0 Å². The maximum absolute atomic E-state index is 9.20. The van der Waals surface area contributed by atoms with E-state index >= 15 is 0 Å². The smallest absolute Gasteiger partial charge is 0.0718 e.